The van der Waals surface area contributed by atoms with Crippen LogP contribution in [0.5, 0.6) is 0 Å². The Morgan fingerprint density at radius 3 is 1.77 bits per heavy atom. The molecule has 116 valence electrons. The van der Waals surface area contributed by atoms with Gasteiger partial charge >= 0.3 is 0 Å². The van der Waals surface area contributed by atoms with Gasteiger partial charge in [-0.1, -0.05) is 73.5 Å². The van der Waals surface area contributed by atoms with Crippen LogP contribution in [0.3, 0.4) is 0 Å². The number of benzene rings is 2. The average Bonchev–Trinajstić information content (AvgIpc) is 2.57. The molecular weight excluding hydrogens is 286 g/mol. The normalized spacial score (nSPS) is 21.9. The molecule has 1 fully saturated rings. The highest BCUT2D eigenvalue weighted by Gasteiger charge is 2.27. The predicted molar refractivity (Wildman–Crippen MR) is 97.2 cm³/mol. The number of thiol groups is 1. The van der Waals surface area contributed by atoms with Crippen molar-refractivity contribution in [3.8, 4) is 0 Å². The summed E-state index contributed by atoms with van der Waals surface area (Å²) in [4.78, 5) is 2.63. The van der Waals surface area contributed by atoms with Gasteiger partial charge in [0, 0.05) is 24.4 Å². The van der Waals surface area contributed by atoms with Crippen LogP contribution in [0.2, 0.25) is 0 Å². The molecule has 22 heavy (non-hydrogen) atoms. The molecule has 0 unspecified atom stereocenters. The highest BCUT2D eigenvalue weighted by molar-refractivity contribution is 7.81. The largest absolute Gasteiger partial charge is 0.291 e. The van der Waals surface area contributed by atoms with Gasteiger partial charge in [-0.25, -0.2) is 0 Å². The maximum absolute atomic E-state index is 4.89. The van der Waals surface area contributed by atoms with Gasteiger partial charge in [-0.15, -0.1) is 0 Å². The summed E-state index contributed by atoms with van der Waals surface area (Å²) in [5.74, 6) is 0. The summed E-state index contributed by atoms with van der Waals surface area (Å²) in [7, 11) is 0. The molecule has 1 saturated carbocycles. The van der Waals surface area contributed by atoms with Gasteiger partial charge in [-0.3, -0.25) is 4.90 Å². The van der Waals surface area contributed by atoms with E-state index in [0.717, 1.165) is 13.1 Å². The van der Waals surface area contributed by atoms with E-state index >= 15 is 0 Å². The second kappa shape index (κ2) is 7.85. The zero-order chi connectivity index (χ0) is 15.2. The lowest BCUT2D eigenvalue weighted by Gasteiger charge is -2.38. The lowest BCUT2D eigenvalue weighted by Crippen LogP contribution is -2.42. The first-order chi connectivity index (χ1) is 10.8. The highest BCUT2D eigenvalue weighted by atomic mass is 32.1. The Bertz CT molecular complexity index is 513. The van der Waals surface area contributed by atoms with E-state index in [4.69, 9.17) is 12.6 Å². The van der Waals surface area contributed by atoms with Crippen molar-refractivity contribution < 1.29 is 0 Å². The minimum Gasteiger partial charge on any atom is -0.291 e. The standard InChI is InChI=1S/C20H25NS/c22-20-14-8-7-13-19(20)21(15-17-9-3-1-4-10-17)16-18-11-5-2-6-12-18/h1-6,9-12,19-20,22H,7-8,13-16H2/t19-,20-/m0/s1. The Balaban J connectivity index is 1.78. The van der Waals surface area contributed by atoms with E-state index in [9.17, 15) is 0 Å². The van der Waals surface area contributed by atoms with Crippen molar-refractivity contribution in [3.05, 3.63) is 71.8 Å². The van der Waals surface area contributed by atoms with Crippen LogP contribution in [0.25, 0.3) is 0 Å². The van der Waals surface area contributed by atoms with Crippen LogP contribution in [0.4, 0.5) is 0 Å². The quantitative estimate of drug-likeness (QED) is 0.766. The number of hydrogen-bond acceptors (Lipinski definition) is 2. The molecule has 0 aromatic heterocycles. The molecule has 1 aliphatic carbocycles. The highest BCUT2D eigenvalue weighted by Crippen LogP contribution is 2.29. The van der Waals surface area contributed by atoms with E-state index in [1.165, 1.54) is 36.8 Å². The Kier molecular flexibility index (Phi) is 5.58. The number of nitrogens with zero attached hydrogens (tertiary/aromatic N) is 1. The lowest BCUT2D eigenvalue weighted by molar-refractivity contribution is 0.146. The van der Waals surface area contributed by atoms with Crippen LogP contribution in [-0.4, -0.2) is 16.2 Å². The Morgan fingerprint density at radius 2 is 1.27 bits per heavy atom. The third-order valence-corrected chi connectivity index (χ3v) is 5.22. The van der Waals surface area contributed by atoms with Crippen LogP contribution in [0.1, 0.15) is 36.8 Å². The predicted octanol–water partition coefficient (Wildman–Crippen LogP) is 4.93. The molecule has 2 heteroatoms. The molecule has 0 saturated heterocycles. The van der Waals surface area contributed by atoms with E-state index in [1.807, 2.05) is 0 Å². The molecule has 2 atom stereocenters. The summed E-state index contributed by atoms with van der Waals surface area (Å²) in [6.07, 6.45) is 5.18. The second-order valence-electron chi connectivity index (χ2n) is 6.30. The van der Waals surface area contributed by atoms with Crippen molar-refractivity contribution in [2.24, 2.45) is 0 Å². The molecule has 1 nitrogen and oxygen atoms in total. The first kappa shape index (κ1) is 15.6. The molecule has 0 aliphatic heterocycles. The minimum absolute atomic E-state index is 0.501. The molecule has 0 amide bonds. The van der Waals surface area contributed by atoms with Crippen molar-refractivity contribution in [2.75, 3.05) is 0 Å². The van der Waals surface area contributed by atoms with E-state index in [-0.39, 0.29) is 0 Å². The molecule has 1 aliphatic rings. The topological polar surface area (TPSA) is 3.24 Å². The summed E-state index contributed by atoms with van der Waals surface area (Å²) >= 11 is 4.89. The van der Waals surface area contributed by atoms with Gasteiger partial charge in [0.1, 0.15) is 0 Å². The van der Waals surface area contributed by atoms with Crippen molar-refractivity contribution in [1.82, 2.24) is 4.90 Å². The molecular formula is C20H25NS. The van der Waals surface area contributed by atoms with Gasteiger partial charge in [0.25, 0.3) is 0 Å². The van der Waals surface area contributed by atoms with Gasteiger partial charge < -0.3 is 0 Å². The fourth-order valence-electron chi connectivity index (χ4n) is 3.44. The SMILES string of the molecule is S[C@H]1CCCC[C@@H]1N(Cc1ccccc1)Cc1ccccc1. The van der Waals surface area contributed by atoms with Crippen molar-refractivity contribution in [2.45, 2.75) is 50.1 Å². The van der Waals surface area contributed by atoms with Gasteiger partial charge in [0.2, 0.25) is 0 Å². The van der Waals surface area contributed by atoms with Crippen LogP contribution < -0.4 is 0 Å². The molecule has 2 aromatic carbocycles. The molecule has 0 heterocycles. The van der Waals surface area contributed by atoms with Gasteiger partial charge in [-0.05, 0) is 24.0 Å². The Hall–Kier alpha value is -1.25. The Labute approximate surface area is 139 Å². The van der Waals surface area contributed by atoms with Crippen LogP contribution in [0, 0.1) is 0 Å². The number of rotatable bonds is 5. The van der Waals surface area contributed by atoms with Crippen molar-refractivity contribution in [3.63, 3.8) is 0 Å². The van der Waals surface area contributed by atoms with E-state index in [2.05, 4.69) is 65.6 Å². The molecule has 3 rings (SSSR count). The van der Waals surface area contributed by atoms with E-state index < -0.39 is 0 Å². The molecule has 0 spiro atoms. The average molecular weight is 311 g/mol. The molecule has 0 N–H and O–H groups in total. The summed E-state index contributed by atoms with van der Waals surface area (Å²) in [5.41, 5.74) is 2.79. The number of hydrogen-bond donors (Lipinski definition) is 1. The molecule has 2 aromatic rings. The molecule has 0 bridgehead atoms. The monoisotopic (exact) mass is 311 g/mol. The maximum atomic E-state index is 4.89. The molecule has 0 radical (unpaired) electrons. The van der Waals surface area contributed by atoms with Gasteiger partial charge in [-0.2, -0.15) is 12.6 Å². The summed E-state index contributed by atoms with van der Waals surface area (Å²) in [6.45, 7) is 2.02. The summed E-state index contributed by atoms with van der Waals surface area (Å²) in [5, 5.41) is 0.501. The van der Waals surface area contributed by atoms with Gasteiger partial charge in [0.05, 0.1) is 0 Å². The van der Waals surface area contributed by atoms with Crippen LogP contribution in [0.15, 0.2) is 60.7 Å². The maximum Gasteiger partial charge on any atom is 0.0240 e. The first-order valence-corrected chi connectivity index (χ1v) is 8.84. The third-order valence-electron chi connectivity index (χ3n) is 4.62. The summed E-state index contributed by atoms with van der Waals surface area (Å²) in [6, 6.07) is 22.2. The minimum atomic E-state index is 0.501. The third kappa shape index (κ3) is 4.15. The fourth-order valence-corrected chi connectivity index (χ4v) is 3.96. The lowest BCUT2D eigenvalue weighted by atomic mass is 9.92. The van der Waals surface area contributed by atoms with Crippen LogP contribution in [-0.2, 0) is 13.1 Å². The van der Waals surface area contributed by atoms with E-state index in [1.54, 1.807) is 0 Å². The Morgan fingerprint density at radius 1 is 0.773 bits per heavy atom. The first-order valence-electron chi connectivity index (χ1n) is 8.33. The second-order valence-corrected chi connectivity index (χ2v) is 6.96. The van der Waals surface area contributed by atoms with E-state index in [0.29, 0.717) is 11.3 Å². The zero-order valence-electron chi connectivity index (χ0n) is 13.1. The van der Waals surface area contributed by atoms with Crippen LogP contribution >= 0.6 is 12.6 Å². The zero-order valence-corrected chi connectivity index (χ0v) is 14.0. The van der Waals surface area contributed by atoms with Gasteiger partial charge in [0.15, 0.2) is 0 Å². The van der Waals surface area contributed by atoms with Crippen molar-refractivity contribution >= 4 is 12.6 Å². The summed E-state index contributed by atoms with van der Waals surface area (Å²) < 4.78 is 0. The smallest absolute Gasteiger partial charge is 0.0240 e. The fraction of sp³-hybridized carbons (Fsp3) is 0.400. The van der Waals surface area contributed by atoms with Crippen molar-refractivity contribution in [1.29, 1.82) is 0 Å².